The van der Waals surface area contributed by atoms with Crippen molar-refractivity contribution in [1.82, 2.24) is 5.43 Å². The zero-order valence-electron chi connectivity index (χ0n) is 16.4. The number of carbonyl (C=O) groups is 2. The number of anilines is 2. The largest absolute Gasteiger partial charge is 0.496 e. The van der Waals surface area contributed by atoms with Crippen LogP contribution in [0.3, 0.4) is 0 Å². The number of halogens is 1. The first-order valence-corrected chi connectivity index (χ1v) is 8.53. The number of carbonyl (C=O) groups excluding carboxylic acids is 2. The highest BCUT2D eigenvalue weighted by Gasteiger charge is 2.27. The Kier molecular flexibility index (Phi) is 7.47. The van der Waals surface area contributed by atoms with Crippen LogP contribution < -0.4 is 30.0 Å². The van der Waals surface area contributed by atoms with Gasteiger partial charge >= 0.3 is 12.1 Å². The Morgan fingerprint density at radius 2 is 1.59 bits per heavy atom. The Balaban J connectivity index is 2.48. The Morgan fingerprint density at radius 3 is 2.07 bits per heavy atom. The van der Waals surface area contributed by atoms with Gasteiger partial charge in [0.2, 0.25) is 0 Å². The lowest BCUT2D eigenvalue weighted by molar-refractivity contribution is 0.151. The number of hydrogen-bond donors (Lipinski definition) is 2. The summed E-state index contributed by atoms with van der Waals surface area (Å²) in [6.45, 7) is 1.72. The molecule has 0 spiro atoms. The lowest BCUT2D eigenvalue weighted by atomic mass is 10.2. The molecule has 2 aromatic carbocycles. The summed E-state index contributed by atoms with van der Waals surface area (Å²) in [4.78, 5) is 25.0. The Bertz CT molecular complexity index is 835. The van der Waals surface area contributed by atoms with E-state index in [0.717, 1.165) is 5.01 Å². The van der Waals surface area contributed by atoms with E-state index in [-0.39, 0.29) is 23.8 Å². The van der Waals surface area contributed by atoms with Crippen LogP contribution in [0.1, 0.15) is 6.92 Å². The second-order valence-corrected chi connectivity index (χ2v) is 5.49. The second-order valence-electron chi connectivity index (χ2n) is 5.49. The van der Waals surface area contributed by atoms with Crippen LogP contribution in [0.15, 0.2) is 36.4 Å². The molecule has 29 heavy (non-hydrogen) atoms. The highest BCUT2D eigenvalue weighted by molar-refractivity contribution is 6.05. The minimum absolute atomic E-state index is 0.0934. The summed E-state index contributed by atoms with van der Waals surface area (Å²) in [6, 6.07) is 7.38. The van der Waals surface area contributed by atoms with Gasteiger partial charge in [-0.15, -0.1) is 0 Å². The predicted octanol–water partition coefficient (Wildman–Crippen LogP) is 3.55. The maximum Gasteiger partial charge on any atom is 0.426 e. The van der Waals surface area contributed by atoms with E-state index >= 15 is 0 Å². The van der Waals surface area contributed by atoms with E-state index in [2.05, 4.69) is 10.7 Å². The van der Waals surface area contributed by atoms with Crippen molar-refractivity contribution in [3.63, 3.8) is 0 Å². The molecule has 0 saturated heterocycles. The normalized spacial score (nSPS) is 9.97. The van der Waals surface area contributed by atoms with Crippen molar-refractivity contribution < 1.29 is 32.9 Å². The van der Waals surface area contributed by atoms with E-state index in [1.165, 1.54) is 57.7 Å². The summed E-state index contributed by atoms with van der Waals surface area (Å²) in [5.74, 6) is 0.333. The summed E-state index contributed by atoms with van der Waals surface area (Å²) in [7, 11) is 4.24. The monoisotopic (exact) mass is 407 g/mol. The number of hydrogen-bond acceptors (Lipinski definition) is 6. The van der Waals surface area contributed by atoms with Crippen molar-refractivity contribution in [3.05, 3.63) is 42.2 Å². The van der Waals surface area contributed by atoms with Gasteiger partial charge in [-0.1, -0.05) is 0 Å². The number of rotatable bonds is 6. The lowest BCUT2D eigenvalue weighted by Crippen LogP contribution is -2.49. The quantitative estimate of drug-likeness (QED) is 0.711. The summed E-state index contributed by atoms with van der Waals surface area (Å²) in [6.07, 6.45) is -0.873. The van der Waals surface area contributed by atoms with E-state index in [9.17, 15) is 14.0 Å². The molecule has 2 N–H and O–H groups in total. The van der Waals surface area contributed by atoms with Crippen molar-refractivity contribution in [1.29, 1.82) is 0 Å². The van der Waals surface area contributed by atoms with Crippen molar-refractivity contribution in [2.45, 2.75) is 6.92 Å². The maximum absolute atomic E-state index is 13.1. The van der Waals surface area contributed by atoms with Crippen LogP contribution in [0.5, 0.6) is 17.2 Å². The van der Waals surface area contributed by atoms with Gasteiger partial charge < -0.3 is 24.3 Å². The number of nitrogens with zero attached hydrogens (tertiary/aromatic N) is 1. The predicted molar refractivity (Wildman–Crippen MR) is 104 cm³/mol. The topological polar surface area (TPSA) is 98.4 Å². The minimum Gasteiger partial charge on any atom is -0.496 e. The van der Waals surface area contributed by atoms with Gasteiger partial charge in [0.1, 0.15) is 11.6 Å². The second kappa shape index (κ2) is 10.0. The van der Waals surface area contributed by atoms with E-state index in [0.29, 0.717) is 11.4 Å². The van der Waals surface area contributed by atoms with Gasteiger partial charge in [0.15, 0.2) is 17.2 Å². The molecule has 0 heterocycles. The zero-order valence-corrected chi connectivity index (χ0v) is 16.4. The van der Waals surface area contributed by atoms with Crippen LogP contribution in [-0.4, -0.2) is 40.1 Å². The van der Waals surface area contributed by atoms with Gasteiger partial charge in [0.25, 0.3) is 0 Å². The molecule has 10 heteroatoms. The van der Waals surface area contributed by atoms with Crippen LogP contribution in [-0.2, 0) is 4.74 Å². The standard InChI is InChI=1S/C19H22FN3O6/c1-5-29-19(25)22-23(18(24)21-13-8-6-12(20)7-9-13)17-15(27-3)10-14(26-2)11-16(17)28-4/h6-11H,5H2,1-4H3,(H,21,24)(H,22,25). The average Bonchev–Trinajstić information content (AvgIpc) is 2.72. The number of hydrazine groups is 1. The molecule has 0 unspecified atom stereocenters. The molecule has 0 aromatic heterocycles. The number of amides is 3. The first-order valence-electron chi connectivity index (χ1n) is 8.53. The molecule has 0 saturated carbocycles. The minimum atomic E-state index is -0.873. The number of nitrogens with one attached hydrogen (secondary N) is 2. The van der Waals surface area contributed by atoms with Gasteiger partial charge in [0, 0.05) is 17.8 Å². The molecule has 0 aliphatic heterocycles. The van der Waals surface area contributed by atoms with Crippen LogP contribution in [0.2, 0.25) is 0 Å². The number of methoxy groups -OCH3 is 3. The molecule has 156 valence electrons. The van der Waals surface area contributed by atoms with Crippen molar-refractivity contribution >= 4 is 23.5 Å². The van der Waals surface area contributed by atoms with Crippen molar-refractivity contribution in [2.24, 2.45) is 0 Å². The highest BCUT2D eigenvalue weighted by atomic mass is 19.1. The molecule has 0 aliphatic rings. The fraction of sp³-hybridized carbons (Fsp3) is 0.263. The van der Waals surface area contributed by atoms with Crippen molar-refractivity contribution in [2.75, 3.05) is 38.3 Å². The number of benzene rings is 2. The molecule has 0 aliphatic carbocycles. The van der Waals surface area contributed by atoms with Crippen LogP contribution in [0.4, 0.5) is 25.4 Å². The fourth-order valence-electron chi connectivity index (χ4n) is 2.38. The number of urea groups is 1. The van der Waals surface area contributed by atoms with Gasteiger partial charge in [-0.3, -0.25) is 0 Å². The SMILES string of the molecule is CCOC(=O)NN(C(=O)Nc1ccc(F)cc1)c1c(OC)cc(OC)cc1OC. The molecule has 9 nitrogen and oxygen atoms in total. The third-order valence-corrected chi connectivity index (χ3v) is 3.69. The highest BCUT2D eigenvalue weighted by Crippen LogP contribution is 2.41. The van der Waals surface area contributed by atoms with Crippen LogP contribution in [0, 0.1) is 5.82 Å². The average molecular weight is 407 g/mol. The Labute approximate surface area is 167 Å². The first kappa shape index (κ1) is 21.6. The zero-order chi connectivity index (χ0) is 21.4. The van der Waals surface area contributed by atoms with E-state index in [1.54, 1.807) is 6.92 Å². The smallest absolute Gasteiger partial charge is 0.426 e. The van der Waals surface area contributed by atoms with E-state index < -0.39 is 17.9 Å². The molecule has 2 aromatic rings. The Morgan fingerprint density at radius 1 is 1.00 bits per heavy atom. The van der Waals surface area contributed by atoms with E-state index in [1.807, 2.05) is 0 Å². The maximum atomic E-state index is 13.1. The summed E-state index contributed by atoms with van der Waals surface area (Å²) < 4.78 is 33.9. The van der Waals surface area contributed by atoms with Gasteiger partial charge in [-0.05, 0) is 31.2 Å². The van der Waals surface area contributed by atoms with Crippen molar-refractivity contribution in [3.8, 4) is 17.2 Å². The molecule has 2 rings (SSSR count). The van der Waals surface area contributed by atoms with Crippen LogP contribution >= 0.6 is 0 Å². The van der Waals surface area contributed by atoms with Gasteiger partial charge in [-0.25, -0.2) is 19.4 Å². The molecule has 3 amide bonds. The molecule has 0 atom stereocenters. The summed E-state index contributed by atoms with van der Waals surface area (Å²) in [5, 5.41) is 3.43. The Hall–Kier alpha value is -3.69. The molecule has 0 fully saturated rings. The molecular weight excluding hydrogens is 385 g/mol. The number of ether oxygens (including phenoxy) is 4. The third-order valence-electron chi connectivity index (χ3n) is 3.69. The fourth-order valence-corrected chi connectivity index (χ4v) is 2.38. The molecular formula is C19H22FN3O6. The van der Waals surface area contributed by atoms with E-state index in [4.69, 9.17) is 18.9 Å². The molecule has 0 radical (unpaired) electrons. The summed E-state index contributed by atoms with van der Waals surface area (Å²) in [5.41, 5.74) is 2.74. The summed E-state index contributed by atoms with van der Waals surface area (Å²) >= 11 is 0. The van der Waals surface area contributed by atoms with Crippen LogP contribution in [0.25, 0.3) is 0 Å². The first-order chi connectivity index (χ1) is 13.9. The third kappa shape index (κ3) is 5.41. The van der Waals surface area contributed by atoms with Gasteiger partial charge in [0.05, 0.1) is 27.9 Å². The van der Waals surface area contributed by atoms with Gasteiger partial charge in [-0.2, -0.15) is 5.01 Å². The lowest BCUT2D eigenvalue weighted by Gasteiger charge is -2.26. The molecule has 0 bridgehead atoms.